The van der Waals surface area contributed by atoms with Gasteiger partial charge < -0.3 is 15.2 Å². The Morgan fingerprint density at radius 1 is 1.03 bits per heavy atom. The molecule has 0 spiro atoms. The predicted molar refractivity (Wildman–Crippen MR) is 151 cm³/mol. The van der Waals surface area contributed by atoms with Crippen molar-refractivity contribution in [2.45, 2.75) is 39.2 Å². The van der Waals surface area contributed by atoms with Crippen LogP contribution in [0.1, 0.15) is 50.4 Å². The Labute approximate surface area is 230 Å². The number of hydrogen-bond acceptors (Lipinski definition) is 5. The molecular formula is C30H29BrN2O5. The van der Waals surface area contributed by atoms with E-state index in [0.29, 0.717) is 32.7 Å². The molecule has 0 aliphatic carbocycles. The molecule has 1 aliphatic rings. The van der Waals surface area contributed by atoms with Gasteiger partial charge in [0.15, 0.2) is 0 Å². The summed E-state index contributed by atoms with van der Waals surface area (Å²) in [5.74, 6) is -1.57. The number of anilines is 2. The number of aliphatic hydroxyl groups excluding tert-OH is 1. The predicted octanol–water partition coefficient (Wildman–Crippen LogP) is 6.34. The smallest absolute Gasteiger partial charge is 0.300 e. The van der Waals surface area contributed by atoms with Gasteiger partial charge in [0.2, 0.25) is 5.91 Å². The number of amides is 2. The lowest BCUT2D eigenvalue weighted by Gasteiger charge is -2.27. The quantitative estimate of drug-likeness (QED) is 0.210. The van der Waals surface area contributed by atoms with Gasteiger partial charge in [-0.15, -0.1) is 0 Å². The molecule has 1 heterocycles. The Kier molecular flexibility index (Phi) is 7.47. The Bertz CT molecular complexity index is 1450. The van der Waals surface area contributed by atoms with E-state index in [1.807, 2.05) is 24.3 Å². The van der Waals surface area contributed by atoms with Crippen LogP contribution < -0.4 is 15.0 Å². The molecule has 4 rings (SSSR count). The molecule has 1 unspecified atom stereocenters. The summed E-state index contributed by atoms with van der Waals surface area (Å²) < 4.78 is 5.87. The minimum Gasteiger partial charge on any atom is -0.507 e. The topological polar surface area (TPSA) is 95.9 Å². The van der Waals surface area contributed by atoms with Crippen molar-refractivity contribution in [3.8, 4) is 5.75 Å². The number of nitrogens with one attached hydrogen (secondary N) is 1. The fourth-order valence-electron chi connectivity index (χ4n) is 4.49. The first-order valence-electron chi connectivity index (χ1n) is 12.1. The van der Waals surface area contributed by atoms with Gasteiger partial charge in [0.1, 0.15) is 11.5 Å². The molecule has 1 saturated heterocycles. The van der Waals surface area contributed by atoms with E-state index in [0.717, 1.165) is 5.56 Å². The molecule has 0 bridgehead atoms. The van der Waals surface area contributed by atoms with E-state index < -0.39 is 17.7 Å². The van der Waals surface area contributed by atoms with E-state index in [-0.39, 0.29) is 22.7 Å². The number of Topliss-reactive ketones (excluding diaryl/α,β-unsaturated/α-hetero) is 1. The van der Waals surface area contributed by atoms with E-state index in [1.165, 1.54) is 18.9 Å². The monoisotopic (exact) mass is 576 g/mol. The highest BCUT2D eigenvalue weighted by atomic mass is 79.9. The van der Waals surface area contributed by atoms with E-state index >= 15 is 0 Å². The van der Waals surface area contributed by atoms with Crippen LogP contribution >= 0.6 is 15.9 Å². The first kappa shape index (κ1) is 27.1. The van der Waals surface area contributed by atoms with E-state index in [2.05, 4.69) is 42.0 Å². The number of carbonyl (C=O) groups excluding carboxylic acids is 3. The fourth-order valence-corrected chi connectivity index (χ4v) is 5.03. The summed E-state index contributed by atoms with van der Waals surface area (Å²) in [6.07, 6.45) is 0. The molecule has 1 aliphatic heterocycles. The molecule has 0 aromatic heterocycles. The van der Waals surface area contributed by atoms with Crippen LogP contribution in [0.2, 0.25) is 0 Å². The average Bonchev–Trinajstić information content (AvgIpc) is 3.13. The second-order valence-electron chi connectivity index (χ2n) is 10.1. The maximum absolute atomic E-state index is 13.5. The zero-order valence-corrected chi connectivity index (χ0v) is 23.4. The van der Waals surface area contributed by atoms with Crippen LogP contribution in [0.4, 0.5) is 11.4 Å². The molecule has 2 amide bonds. The number of rotatable bonds is 5. The second-order valence-corrected chi connectivity index (χ2v) is 11.0. The SMILES string of the molecule is COc1ccc(/C(O)=C2\C(=O)C(=O)N(c3cccc(NC(C)=O)c3)C2c2ccc(C(C)(C)C)cc2)cc1Br. The van der Waals surface area contributed by atoms with Crippen molar-refractivity contribution < 1.29 is 24.2 Å². The molecule has 1 fully saturated rings. The summed E-state index contributed by atoms with van der Waals surface area (Å²) >= 11 is 3.42. The van der Waals surface area contributed by atoms with Crippen LogP contribution in [0.3, 0.4) is 0 Å². The third kappa shape index (κ3) is 5.22. The Balaban J connectivity index is 1.92. The molecule has 7 nitrogen and oxygen atoms in total. The van der Waals surface area contributed by atoms with Crippen molar-refractivity contribution >= 4 is 50.7 Å². The van der Waals surface area contributed by atoms with Gasteiger partial charge in [-0.05, 0) is 68.9 Å². The molecule has 0 saturated carbocycles. The van der Waals surface area contributed by atoms with Crippen molar-refractivity contribution in [1.29, 1.82) is 0 Å². The molecule has 3 aromatic carbocycles. The minimum atomic E-state index is -0.891. The second kappa shape index (κ2) is 10.5. The van der Waals surface area contributed by atoms with Crippen molar-refractivity contribution in [1.82, 2.24) is 0 Å². The van der Waals surface area contributed by atoms with Gasteiger partial charge >= 0.3 is 0 Å². The van der Waals surface area contributed by atoms with Crippen molar-refractivity contribution in [3.63, 3.8) is 0 Å². The van der Waals surface area contributed by atoms with Crippen molar-refractivity contribution in [3.05, 3.63) is 93.5 Å². The summed E-state index contributed by atoms with van der Waals surface area (Å²) in [6.45, 7) is 7.69. The summed E-state index contributed by atoms with van der Waals surface area (Å²) in [4.78, 5) is 39.9. The number of aliphatic hydroxyl groups is 1. The van der Waals surface area contributed by atoms with E-state index in [9.17, 15) is 19.5 Å². The Morgan fingerprint density at radius 3 is 2.29 bits per heavy atom. The van der Waals surface area contributed by atoms with Gasteiger partial charge in [-0.2, -0.15) is 0 Å². The maximum atomic E-state index is 13.5. The van der Waals surface area contributed by atoms with Gasteiger partial charge in [-0.1, -0.05) is 51.1 Å². The molecule has 196 valence electrons. The van der Waals surface area contributed by atoms with Crippen LogP contribution in [-0.2, 0) is 19.8 Å². The van der Waals surface area contributed by atoms with E-state index in [4.69, 9.17) is 4.74 Å². The largest absolute Gasteiger partial charge is 0.507 e. The lowest BCUT2D eigenvalue weighted by molar-refractivity contribution is -0.132. The van der Waals surface area contributed by atoms with Gasteiger partial charge in [0.25, 0.3) is 11.7 Å². The number of nitrogens with zero attached hydrogens (tertiary/aromatic N) is 1. The summed E-state index contributed by atoms with van der Waals surface area (Å²) in [5, 5.41) is 14.1. The summed E-state index contributed by atoms with van der Waals surface area (Å²) in [7, 11) is 1.53. The van der Waals surface area contributed by atoms with E-state index in [1.54, 1.807) is 42.5 Å². The lowest BCUT2D eigenvalue weighted by Crippen LogP contribution is -2.29. The van der Waals surface area contributed by atoms with Crippen LogP contribution in [0, 0.1) is 0 Å². The Hall–Kier alpha value is -3.91. The first-order chi connectivity index (χ1) is 17.9. The number of benzene rings is 3. The van der Waals surface area contributed by atoms with Crippen LogP contribution in [0.5, 0.6) is 5.75 Å². The minimum absolute atomic E-state index is 0.0273. The zero-order chi connectivity index (χ0) is 27.8. The van der Waals surface area contributed by atoms with Crippen LogP contribution in [0.15, 0.2) is 76.8 Å². The average molecular weight is 577 g/mol. The summed E-state index contributed by atoms with van der Waals surface area (Å²) in [6, 6.07) is 18.4. The lowest BCUT2D eigenvalue weighted by atomic mass is 9.85. The molecule has 8 heteroatoms. The molecule has 3 aromatic rings. The zero-order valence-electron chi connectivity index (χ0n) is 21.8. The molecule has 0 radical (unpaired) electrons. The van der Waals surface area contributed by atoms with Crippen molar-refractivity contribution in [2.24, 2.45) is 0 Å². The third-order valence-corrected chi connectivity index (χ3v) is 7.03. The number of ketones is 1. The number of halogens is 1. The van der Waals surface area contributed by atoms with Gasteiger partial charge in [0, 0.05) is 23.9 Å². The highest BCUT2D eigenvalue weighted by molar-refractivity contribution is 9.10. The maximum Gasteiger partial charge on any atom is 0.300 e. The Morgan fingerprint density at radius 2 is 1.71 bits per heavy atom. The van der Waals surface area contributed by atoms with Crippen LogP contribution in [0.25, 0.3) is 5.76 Å². The van der Waals surface area contributed by atoms with Gasteiger partial charge in [-0.3, -0.25) is 19.3 Å². The standard InChI is InChI=1S/C30H29BrN2O5/c1-17(34)32-21-7-6-8-22(16-21)33-26(18-9-12-20(13-10-18)30(2,3)4)25(28(36)29(33)37)27(35)19-11-14-24(38-5)23(31)15-19/h6-16,26,35H,1-5H3,(H,32,34)/b27-25+. The van der Waals surface area contributed by atoms with Crippen molar-refractivity contribution in [2.75, 3.05) is 17.3 Å². The highest BCUT2D eigenvalue weighted by Gasteiger charge is 2.47. The van der Waals surface area contributed by atoms with Gasteiger partial charge in [0.05, 0.1) is 23.2 Å². The summed E-state index contributed by atoms with van der Waals surface area (Å²) in [5.41, 5.74) is 2.89. The number of hydrogen-bond donors (Lipinski definition) is 2. The fraction of sp³-hybridized carbons (Fsp3) is 0.233. The number of ether oxygens (including phenoxy) is 1. The number of carbonyl (C=O) groups is 3. The normalized spacial score (nSPS) is 17.0. The first-order valence-corrected chi connectivity index (χ1v) is 12.8. The highest BCUT2D eigenvalue weighted by Crippen LogP contribution is 2.43. The number of methoxy groups -OCH3 is 1. The molecule has 2 N–H and O–H groups in total. The molecule has 38 heavy (non-hydrogen) atoms. The van der Waals surface area contributed by atoms with Gasteiger partial charge in [-0.25, -0.2) is 0 Å². The molecular weight excluding hydrogens is 548 g/mol. The van der Waals surface area contributed by atoms with Crippen LogP contribution in [-0.4, -0.2) is 29.8 Å². The molecule has 1 atom stereocenters. The third-order valence-electron chi connectivity index (χ3n) is 6.41.